The number of fused-ring (bicyclic) bond motifs is 1. The molecular weight excluding hydrogens is 510 g/mol. The van der Waals surface area contributed by atoms with Crippen LogP contribution >= 0.6 is 11.3 Å². The van der Waals surface area contributed by atoms with Crippen molar-refractivity contribution in [3.63, 3.8) is 0 Å². The lowest BCUT2D eigenvalue weighted by molar-refractivity contribution is 0.0234. The van der Waals surface area contributed by atoms with Crippen LogP contribution in [0, 0.1) is 0 Å². The van der Waals surface area contributed by atoms with Crippen LogP contribution in [0.3, 0.4) is 0 Å². The molecule has 39 heavy (non-hydrogen) atoms. The van der Waals surface area contributed by atoms with Crippen molar-refractivity contribution in [2.45, 2.75) is 51.5 Å². The molecule has 206 valence electrons. The van der Waals surface area contributed by atoms with Gasteiger partial charge in [0, 0.05) is 29.4 Å². The summed E-state index contributed by atoms with van der Waals surface area (Å²) in [4.78, 5) is 29.5. The number of rotatable bonds is 5. The summed E-state index contributed by atoms with van der Waals surface area (Å²) in [5, 5.41) is 8.00. The van der Waals surface area contributed by atoms with Gasteiger partial charge in [0.1, 0.15) is 4.88 Å². The Labute approximate surface area is 234 Å². The number of anilines is 2. The number of methoxy groups -OCH3 is 1. The molecule has 1 saturated heterocycles. The summed E-state index contributed by atoms with van der Waals surface area (Å²) in [6.45, 7) is 9.77. The maximum atomic E-state index is 13.2. The molecule has 2 heterocycles. The molecule has 1 atom stereocenters. The number of morpholine rings is 1. The molecule has 1 aliphatic heterocycles. The highest BCUT2D eigenvalue weighted by Crippen LogP contribution is 2.38. The first kappa shape index (κ1) is 27.4. The predicted molar refractivity (Wildman–Crippen MR) is 159 cm³/mol. The van der Waals surface area contributed by atoms with Crippen molar-refractivity contribution in [3.05, 3.63) is 63.9 Å². The maximum absolute atomic E-state index is 13.2. The second kappa shape index (κ2) is 11.5. The average molecular weight is 548 g/mol. The first-order valence-electron chi connectivity index (χ1n) is 13.6. The zero-order chi connectivity index (χ0) is 27.6. The number of hydrogen-bond donors (Lipinski definition) is 2. The normalized spacial score (nSPS) is 18.5. The molecule has 0 radical (unpaired) electrons. The summed E-state index contributed by atoms with van der Waals surface area (Å²) in [6.07, 6.45) is 5.81. The van der Waals surface area contributed by atoms with Crippen molar-refractivity contribution in [3.8, 4) is 0 Å². The Morgan fingerprint density at radius 2 is 1.74 bits per heavy atom. The monoisotopic (exact) mass is 547 g/mol. The molecule has 0 saturated carbocycles. The molecule has 2 amide bonds. The number of carbonyl (C=O) groups is 2. The van der Waals surface area contributed by atoms with Crippen molar-refractivity contribution in [2.24, 2.45) is 0 Å². The van der Waals surface area contributed by atoms with Crippen molar-refractivity contribution in [2.75, 3.05) is 44.0 Å². The van der Waals surface area contributed by atoms with Crippen molar-refractivity contribution in [1.82, 2.24) is 4.90 Å². The number of urea groups is 1. The highest BCUT2D eigenvalue weighted by Gasteiger charge is 2.26. The highest BCUT2D eigenvalue weighted by molar-refractivity contribution is 7.14. The van der Waals surface area contributed by atoms with Gasteiger partial charge in [0.25, 0.3) is 0 Å². The lowest BCUT2D eigenvalue weighted by Gasteiger charge is -2.35. The first-order chi connectivity index (χ1) is 18.7. The molecule has 8 heteroatoms. The molecular formula is C31H37N3O4S. The summed E-state index contributed by atoms with van der Waals surface area (Å²) in [5.74, 6) is -0.461. The number of nitrogens with zero attached hydrogens (tertiary/aromatic N) is 1. The summed E-state index contributed by atoms with van der Waals surface area (Å²) < 4.78 is 10.5. The van der Waals surface area contributed by atoms with Crippen LogP contribution < -0.4 is 10.6 Å². The Kier molecular flexibility index (Phi) is 8.07. The molecule has 1 unspecified atom stereocenters. The first-order valence-corrected chi connectivity index (χ1v) is 14.4. The molecule has 2 aromatic carbocycles. The number of nitrogens with one attached hydrogen (secondary N) is 2. The molecule has 7 nitrogen and oxygen atoms in total. The Bertz CT molecular complexity index is 1400. The van der Waals surface area contributed by atoms with Gasteiger partial charge in [0.2, 0.25) is 0 Å². The third-order valence-electron chi connectivity index (χ3n) is 7.46. The van der Waals surface area contributed by atoms with E-state index in [1.807, 2.05) is 30.3 Å². The van der Waals surface area contributed by atoms with E-state index in [9.17, 15) is 9.59 Å². The van der Waals surface area contributed by atoms with Gasteiger partial charge in [-0.3, -0.25) is 4.90 Å². The predicted octanol–water partition coefficient (Wildman–Crippen LogP) is 6.90. The van der Waals surface area contributed by atoms with Gasteiger partial charge in [-0.15, -0.1) is 11.3 Å². The van der Waals surface area contributed by atoms with E-state index in [4.69, 9.17) is 9.47 Å². The lowest BCUT2D eigenvalue weighted by Crippen LogP contribution is -2.43. The van der Waals surface area contributed by atoms with Gasteiger partial charge < -0.3 is 20.1 Å². The summed E-state index contributed by atoms with van der Waals surface area (Å²) in [5.41, 5.74) is 3.59. The van der Waals surface area contributed by atoms with Gasteiger partial charge in [0.15, 0.2) is 0 Å². The summed E-state index contributed by atoms with van der Waals surface area (Å²) in [7, 11) is 1.35. The molecule has 0 bridgehead atoms. The van der Waals surface area contributed by atoms with Crippen molar-refractivity contribution < 1.29 is 19.1 Å². The maximum Gasteiger partial charge on any atom is 0.350 e. The molecule has 3 aromatic rings. The lowest BCUT2D eigenvalue weighted by atomic mass is 9.87. The van der Waals surface area contributed by atoms with Crippen LogP contribution in [0.5, 0.6) is 0 Å². The van der Waals surface area contributed by atoms with Gasteiger partial charge in [0.05, 0.1) is 31.7 Å². The van der Waals surface area contributed by atoms with E-state index < -0.39 is 12.0 Å². The summed E-state index contributed by atoms with van der Waals surface area (Å²) in [6, 6.07) is 14.2. The van der Waals surface area contributed by atoms with E-state index in [1.165, 1.54) is 36.0 Å². The average Bonchev–Trinajstić information content (AvgIpc) is 3.37. The Balaban J connectivity index is 1.40. The SMILES string of the molecule is COC(=O)c1sc(C(C)(C)C)cc1NC(=O)Nc1ccc(C2=CC(N3CCOCC3)CCC2)c2ccccc12. The van der Waals surface area contributed by atoms with E-state index in [1.54, 1.807) is 0 Å². The van der Waals surface area contributed by atoms with Crippen LogP contribution in [0.15, 0.2) is 48.5 Å². The van der Waals surface area contributed by atoms with Crippen LogP contribution in [-0.4, -0.2) is 56.4 Å². The fourth-order valence-electron chi connectivity index (χ4n) is 5.38. The summed E-state index contributed by atoms with van der Waals surface area (Å²) >= 11 is 1.34. The van der Waals surface area contributed by atoms with Crippen LogP contribution in [0.1, 0.15) is 60.1 Å². The van der Waals surface area contributed by atoms with Crippen LogP contribution in [0.4, 0.5) is 16.2 Å². The molecule has 2 N–H and O–H groups in total. The molecule has 2 aliphatic rings. The standard InChI is InChI=1S/C31H37N3O4S/c1-31(2,3)27-19-26(28(39-27)29(35)37-4)33-30(36)32-25-13-12-22(23-10-5-6-11-24(23)25)20-8-7-9-21(18-20)34-14-16-38-17-15-34/h5-6,10-13,18-19,21H,7-9,14-17H2,1-4H3,(H2,32,33,36). The highest BCUT2D eigenvalue weighted by atomic mass is 32.1. The van der Waals surface area contributed by atoms with Gasteiger partial charge in [-0.05, 0) is 53.3 Å². The van der Waals surface area contributed by atoms with E-state index in [0.29, 0.717) is 16.6 Å². The number of esters is 1. The number of ether oxygens (including phenoxy) is 2. The number of carbonyl (C=O) groups excluding carboxylic acids is 2. The van der Waals surface area contributed by atoms with E-state index in [-0.39, 0.29) is 5.41 Å². The van der Waals surface area contributed by atoms with Crippen LogP contribution in [-0.2, 0) is 14.9 Å². The second-order valence-corrected chi connectivity index (χ2v) is 12.2. The number of thiophene rings is 1. The van der Waals surface area contributed by atoms with Gasteiger partial charge in [-0.1, -0.05) is 57.2 Å². The number of hydrogen-bond acceptors (Lipinski definition) is 6. The number of benzene rings is 2. The fraction of sp³-hybridized carbons (Fsp3) is 0.419. The van der Waals surface area contributed by atoms with E-state index in [2.05, 4.69) is 54.5 Å². The zero-order valence-corrected chi connectivity index (χ0v) is 24.0. The zero-order valence-electron chi connectivity index (χ0n) is 23.1. The van der Waals surface area contributed by atoms with E-state index in [0.717, 1.165) is 60.5 Å². The van der Waals surface area contributed by atoms with E-state index >= 15 is 0 Å². The van der Waals surface area contributed by atoms with Gasteiger partial charge >= 0.3 is 12.0 Å². The topological polar surface area (TPSA) is 79.9 Å². The largest absolute Gasteiger partial charge is 0.465 e. The minimum atomic E-state index is -0.461. The quantitative estimate of drug-likeness (QED) is 0.340. The third kappa shape index (κ3) is 6.03. The van der Waals surface area contributed by atoms with Gasteiger partial charge in [-0.25, -0.2) is 9.59 Å². The third-order valence-corrected chi connectivity index (χ3v) is 9.00. The minimum absolute atomic E-state index is 0.162. The fourth-order valence-corrected chi connectivity index (χ4v) is 6.47. The smallest absolute Gasteiger partial charge is 0.350 e. The Hall–Kier alpha value is -3.20. The Morgan fingerprint density at radius 1 is 1.03 bits per heavy atom. The Morgan fingerprint density at radius 3 is 2.46 bits per heavy atom. The minimum Gasteiger partial charge on any atom is -0.465 e. The second-order valence-electron chi connectivity index (χ2n) is 11.2. The molecule has 0 spiro atoms. The van der Waals surface area contributed by atoms with Crippen molar-refractivity contribution in [1.29, 1.82) is 0 Å². The van der Waals surface area contributed by atoms with Crippen molar-refractivity contribution >= 4 is 51.1 Å². The van der Waals surface area contributed by atoms with Crippen LogP contribution in [0.25, 0.3) is 16.3 Å². The number of amides is 2. The number of allylic oxidation sites excluding steroid dienone is 1. The molecule has 1 aliphatic carbocycles. The van der Waals surface area contributed by atoms with Crippen LogP contribution in [0.2, 0.25) is 0 Å². The molecule has 5 rings (SSSR count). The van der Waals surface area contributed by atoms with Gasteiger partial charge in [-0.2, -0.15) is 0 Å². The molecule has 1 aromatic heterocycles. The molecule has 1 fully saturated rings.